The van der Waals surface area contributed by atoms with Gasteiger partial charge in [0.25, 0.3) is 5.91 Å². The maximum Gasteiger partial charge on any atom is 0.321 e. The monoisotopic (exact) mass is 269 g/mol. The topological polar surface area (TPSA) is 117 Å². The Hall–Kier alpha value is -2.38. The number of carbonyl (C=O) groups excluding carboxylic acids is 1. The molecule has 0 saturated heterocycles. The van der Waals surface area contributed by atoms with Crippen LogP contribution in [0.5, 0.6) is 0 Å². The second-order valence-electron chi connectivity index (χ2n) is 4.25. The Bertz CT molecular complexity index is 494. The molecule has 0 atom stereocenters. The number of hydrogen-bond donors (Lipinski definition) is 2. The number of H-pyrrole nitrogens is 1. The van der Waals surface area contributed by atoms with Crippen LogP contribution in [0.3, 0.4) is 0 Å². The Kier molecular flexibility index (Phi) is 4.62. The van der Waals surface area contributed by atoms with Crippen LogP contribution in [0.2, 0.25) is 0 Å². The van der Waals surface area contributed by atoms with Crippen LogP contribution in [0, 0.1) is 10.1 Å². The molecule has 19 heavy (non-hydrogen) atoms. The van der Waals surface area contributed by atoms with Crippen molar-refractivity contribution >= 4 is 17.7 Å². The van der Waals surface area contributed by atoms with E-state index in [1.807, 2.05) is 0 Å². The third-order valence-electron chi connectivity index (χ3n) is 2.55. The molecule has 2 N–H and O–H groups in total. The van der Waals surface area contributed by atoms with Gasteiger partial charge in [-0.05, 0) is 24.8 Å². The molecule has 1 amide bonds. The fourth-order valence-corrected chi connectivity index (χ4v) is 1.58. The SMILES string of the molecule is CC(C)N(CCC(=O)O)C(=O)c1ccc([N+](=O)[O-])[nH]1. The van der Waals surface area contributed by atoms with Crippen LogP contribution in [0.1, 0.15) is 30.8 Å². The lowest BCUT2D eigenvalue weighted by molar-refractivity contribution is -0.389. The van der Waals surface area contributed by atoms with Gasteiger partial charge in [-0.25, -0.2) is 4.98 Å². The minimum absolute atomic E-state index is 0.0542. The first kappa shape index (κ1) is 14.7. The van der Waals surface area contributed by atoms with E-state index in [9.17, 15) is 19.7 Å². The number of aliphatic carboxylic acids is 1. The van der Waals surface area contributed by atoms with Gasteiger partial charge in [-0.1, -0.05) is 0 Å². The standard InChI is InChI=1S/C11H15N3O5/c1-7(2)13(6-5-10(15)16)11(17)8-3-4-9(12-8)14(18)19/h3-4,7,12H,5-6H2,1-2H3,(H,15,16). The Morgan fingerprint density at radius 3 is 2.53 bits per heavy atom. The fourth-order valence-electron chi connectivity index (χ4n) is 1.58. The van der Waals surface area contributed by atoms with Gasteiger partial charge < -0.3 is 20.1 Å². The van der Waals surface area contributed by atoms with Gasteiger partial charge >= 0.3 is 11.8 Å². The van der Waals surface area contributed by atoms with Gasteiger partial charge in [0.2, 0.25) is 0 Å². The van der Waals surface area contributed by atoms with Crippen LogP contribution in [-0.2, 0) is 4.79 Å². The summed E-state index contributed by atoms with van der Waals surface area (Å²) in [5.41, 5.74) is 0.0748. The van der Waals surface area contributed by atoms with E-state index in [1.54, 1.807) is 13.8 Å². The molecule has 8 nitrogen and oxygen atoms in total. The summed E-state index contributed by atoms with van der Waals surface area (Å²) in [6.07, 6.45) is -0.174. The van der Waals surface area contributed by atoms with Crippen LogP contribution in [0.4, 0.5) is 5.82 Å². The summed E-state index contributed by atoms with van der Waals surface area (Å²) in [6, 6.07) is 2.31. The van der Waals surface area contributed by atoms with Crippen LogP contribution >= 0.6 is 0 Å². The Morgan fingerprint density at radius 2 is 2.11 bits per heavy atom. The minimum atomic E-state index is -1.00. The Morgan fingerprint density at radius 1 is 1.47 bits per heavy atom. The van der Waals surface area contributed by atoms with E-state index < -0.39 is 16.8 Å². The molecule has 0 unspecified atom stereocenters. The fraction of sp³-hybridized carbons (Fsp3) is 0.455. The summed E-state index contributed by atoms with van der Waals surface area (Å²) < 4.78 is 0. The van der Waals surface area contributed by atoms with Crippen molar-refractivity contribution in [2.75, 3.05) is 6.54 Å². The van der Waals surface area contributed by atoms with E-state index in [1.165, 1.54) is 17.0 Å². The zero-order chi connectivity index (χ0) is 14.6. The van der Waals surface area contributed by atoms with Gasteiger partial charge in [0, 0.05) is 18.7 Å². The predicted molar refractivity (Wildman–Crippen MR) is 65.9 cm³/mol. The zero-order valence-electron chi connectivity index (χ0n) is 10.6. The number of nitrogens with one attached hydrogen (secondary N) is 1. The number of amides is 1. The molecule has 1 rings (SSSR count). The number of carbonyl (C=O) groups is 2. The normalized spacial score (nSPS) is 10.5. The molecule has 0 spiro atoms. The summed E-state index contributed by atoms with van der Waals surface area (Å²) in [5.74, 6) is -1.73. The molecule has 0 aromatic carbocycles. The van der Waals surface area contributed by atoms with E-state index in [0.29, 0.717) is 0 Å². The quantitative estimate of drug-likeness (QED) is 0.595. The zero-order valence-corrected chi connectivity index (χ0v) is 10.6. The second-order valence-corrected chi connectivity index (χ2v) is 4.25. The van der Waals surface area contributed by atoms with E-state index in [0.717, 1.165) is 0 Å². The Labute approximate surface area is 109 Å². The molecule has 0 saturated carbocycles. The van der Waals surface area contributed by atoms with Crippen LogP contribution in [0.15, 0.2) is 12.1 Å². The highest BCUT2D eigenvalue weighted by Gasteiger charge is 2.24. The number of nitrogens with zero attached hydrogens (tertiary/aromatic N) is 2. The van der Waals surface area contributed by atoms with E-state index in [4.69, 9.17) is 5.11 Å². The first-order chi connectivity index (χ1) is 8.82. The summed E-state index contributed by atoms with van der Waals surface area (Å²) in [6.45, 7) is 3.55. The van der Waals surface area contributed by atoms with Crippen molar-refractivity contribution in [2.45, 2.75) is 26.3 Å². The molecule has 0 bridgehead atoms. The van der Waals surface area contributed by atoms with E-state index in [-0.39, 0.29) is 30.5 Å². The molecule has 0 radical (unpaired) electrons. The maximum absolute atomic E-state index is 12.1. The van der Waals surface area contributed by atoms with Crippen molar-refractivity contribution in [3.05, 3.63) is 27.9 Å². The smallest absolute Gasteiger partial charge is 0.321 e. The largest absolute Gasteiger partial charge is 0.481 e. The highest BCUT2D eigenvalue weighted by Crippen LogP contribution is 2.13. The lowest BCUT2D eigenvalue weighted by Gasteiger charge is -2.24. The van der Waals surface area contributed by atoms with E-state index in [2.05, 4.69) is 4.98 Å². The average Bonchev–Trinajstić information content (AvgIpc) is 2.77. The molecule has 0 aliphatic heterocycles. The summed E-state index contributed by atoms with van der Waals surface area (Å²) in [4.78, 5) is 36.3. The number of hydrogen-bond acceptors (Lipinski definition) is 4. The molecule has 104 valence electrons. The van der Waals surface area contributed by atoms with Gasteiger partial charge in [0.1, 0.15) is 0 Å². The summed E-state index contributed by atoms with van der Waals surface area (Å²) in [5, 5.41) is 19.2. The number of nitro groups is 1. The van der Waals surface area contributed by atoms with Crippen molar-refractivity contribution in [1.82, 2.24) is 9.88 Å². The van der Waals surface area contributed by atoms with Crippen LogP contribution < -0.4 is 0 Å². The van der Waals surface area contributed by atoms with Crippen LogP contribution in [0.25, 0.3) is 0 Å². The van der Waals surface area contributed by atoms with E-state index >= 15 is 0 Å². The molecular weight excluding hydrogens is 254 g/mol. The minimum Gasteiger partial charge on any atom is -0.481 e. The molecule has 0 fully saturated rings. The number of rotatable bonds is 6. The second kappa shape index (κ2) is 5.98. The highest BCUT2D eigenvalue weighted by atomic mass is 16.6. The van der Waals surface area contributed by atoms with Gasteiger partial charge in [-0.2, -0.15) is 0 Å². The number of carboxylic acids is 1. The third-order valence-corrected chi connectivity index (χ3v) is 2.55. The van der Waals surface area contributed by atoms with Gasteiger partial charge in [-0.3, -0.25) is 9.59 Å². The van der Waals surface area contributed by atoms with Gasteiger partial charge in [-0.15, -0.1) is 0 Å². The van der Waals surface area contributed by atoms with Gasteiger partial charge in [0.15, 0.2) is 5.69 Å². The Balaban J connectivity index is 2.86. The predicted octanol–water partition coefficient (Wildman–Crippen LogP) is 1.25. The van der Waals surface area contributed by atoms with Crippen molar-refractivity contribution in [3.8, 4) is 0 Å². The van der Waals surface area contributed by atoms with Crippen molar-refractivity contribution in [3.63, 3.8) is 0 Å². The first-order valence-corrected chi connectivity index (χ1v) is 5.69. The number of aromatic nitrogens is 1. The summed E-state index contributed by atoms with van der Waals surface area (Å²) >= 11 is 0. The summed E-state index contributed by atoms with van der Waals surface area (Å²) in [7, 11) is 0. The number of aromatic amines is 1. The maximum atomic E-state index is 12.1. The molecular formula is C11H15N3O5. The van der Waals surface area contributed by atoms with Crippen molar-refractivity contribution < 1.29 is 19.6 Å². The molecule has 8 heteroatoms. The molecule has 0 aliphatic rings. The number of carboxylic acid groups (broad SMARTS) is 1. The van der Waals surface area contributed by atoms with Crippen molar-refractivity contribution in [2.24, 2.45) is 0 Å². The molecule has 1 aromatic heterocycles. The third kappa shape index (κ3) is 3.80. The van der Waals surface area contributed by atoms with Gasteiger partial charge in [0.05, 0.1) is 6.42 Å². The molecule has 1 heterocycles. The van der Waals surface area contributed by atoms with Crippen LogP contribution in [-0.4, -0.2) is 44.4 Å². The lowest BCUT2D eigenvalue weighted by atomic mass is 10.2. The first-order valence-electron chi connectivity index (χ1n) is 5.69. The molecule has 1 aromatic rings. The molecule has 0 aliphatic carbocycles. The average molecular weight is 269 g/mol. The van der Waals surface area contributed by atoms with Crippen molar-refractivity contribution in [1.29, 1.82) is 0 Å². The highest BCUT2D eigenvalue weighted by molar-refractivity contribution is 5.93. The lowest BCUT2D eigenvalue weighted by Crippen LogP contribution is -2.38.